The fraction of sp³-hybridized carbons (Fsp3) is 0.900. The van der Waals surface area contributed by atoms with Crippen molar-refractivity contribution in [2.24, 2.45) is 0 Å². The SMILES string of the molecule is CCCCCN1CCOC(CO)C1=O. The molecule has 1 N–H and O–H groups in total. The number of aliphatic hydroxyl groups excluding tert-OH is 1. The highest BCUT2D eigenvalue weighted by Gasteiger charge is 2.28. The molecule has 1 amide bonds. The van der Waals surface area contributed by atoms with Gasteiger partial charge in [-0.2, -0.15) is 0 Å². The highest BCUT2D eigenvalue weighted by molar-refractivity contribution is 5.81. The predicted molar refractivity (Wildman–Crippen MR) is 52.9 cm³/mol. The quantitative estimate of drug-likeness (QED) is 0.655. The first-order valence-corrected chi connectivity index (χ1v) is 5.30. The van der Waals surface area contributed by atoms with Crippen LogP contribution in [0.25, 0.3) is 0 Å². The van der Waals surface area contributed by atoms with E-state index < -0.39 is 6.10 Å². The second-order valence-corrected chi connectivity index (χ2v) is 3.57. The lowest BCUT2D eigenvalue weighted by atomic mass is 10.2. The van der Waals surface area contributed by atoms with Gasteiger partial charge in [-0.3, -0.25) is 4.79 Å². The number of rotatable bonds is 5. The van der Waals surface area contributed by atoms with Crippen LogP contribution in [-0.4, -0.2) is 48.3 Å². The number of hydrogen-bond acceptors (Lipinski definition) is 3. The summed E-state index contributed by atoms with van der Waals surface area (Å²) in [7, 11) is 0. The van der Waals surface area contributed by atoms with Crippen LogP contribution in [0.15, 0.2) is 0 Å². The molecule has 1 heterocycles. The van der Waals surface area contributed by atoms with Gasteiger partial charge in [-0.1, -0.05) is 19.8 Å². The van der Waals surface area contributed by atoms with Gasteiger partial charge in [0.2, 0.25) is 0 Å². The second-order valence-electron chi connectivity index (χ2n) is 3.57. The summed E-state index contributed by atoms with van der Waals surface area (Å²) in [4.78, 5) is 13.4. The van der Waals surface area contributed by atoms with Gasteiger partial charge in [0.1, 0.15) is 0 Å². The smallest absolute Gasteiger partial charge is 0.254 e. The third-order valence-electron chi connectivity index (χ3n) is 2.46. The van der Waals surface area contributed by atoms with Crippen molar-refractivity contribution in [2.45, 2.75) is 32.3 Å². The van der Waals surface area contributed by atoms with E-state index in [4.69, 9.17) is 9.84 Å². The van der Waals surface area contributed by atoms with Crippen molar-refractivity contribution in [3.63, 3.8) is 0 Å². The number of amides is 1. The van der Waals surface area contributed by atoms with E-state index in [0.29, 0.717) is 13.2 Å². The van der Waals surface area contributed by atoms with Gasteiger partial charge in [0.25, 0.3) is 5.91 Å². The Bertz CT molecular complexity index is 184. The van der Waals surface area contributed by atoms with Crippen LogP contribution in [-0.2, 0) is 9.53 Å². The first-order valence-electron chi connectivity index (χ1n) is 5.30. The molecule has 82 valence electrons. The fourth-order valence-corrected chi connectivity index (χ4v) is 1.60. The largest absolute Gasteiger partial charge is 0.393 e. The van der Waals surface area contributed by atoms with Gasteiger partial charge in [-0.25, -0.2) is 0 Å². The molecule has 0 radical (unpaired) electrons. The molecular formula is C10H19NO3. The van der Waals surface area contributed by atoms with Crippen molar-refractivity contribution in [2.75, 3.05) is 26.3 Å². The van der Waals surface area contributed by atoms with E-state index in [1.54, 1.807) is 4.90 Å². The first kappa shape index (κ1) is 11.5. The number of hydrogen-bond donors (Lipinski definition) is 1. The monoisotopic (exact) mass is 201 g/mol. The summed E-state index contributed by atoms with van der Waals surface area (Å²) in [5, 5.41) is 8.88. The summed E-state index contributed by atoms with van der Waals surface area (Å²) < 4.78 is 5.13. The molecule has 1 atom stereocenters. The Balaban J connectivity index is 2.32. The van der Waals surface area contributed by atoms with Gasteiger partial charge < -0.3 is 14.7 Å². The van der Waals surface area contributed by atoms with Crippen LogP contribution in [0.2, 0.25) is 0 Å². The summed E-state index contributed by atoms with van der Waals surface area (Å²) in [6, 6.07) is 0. The van der Waals surface area contributed by atoms with Crippen LogP contribution >= 0.6 is 0 Å². The third-order valence-corrected chi connectivity index (χ3v) is 2.46. The molecule has 0 bridgehead atoms. The van der Waals surface area contributed by atoms with E-state index in [0.717, 1.165) is 25.8 Å². The summed E-state index contributed by atoms with van der Waals surface area (Å²) >= 11 is 0. The molecule has 0 aromatic rings. The van der Waals surface area contributed by atoms with Gasteiger partial charge in [-0.05, 0) is 6.42 Å². The van der Waals surface area contributed by atoms with Gasteiger partial charge in [0, 0.05) is 13.1 Å². The van der Waals surface area contributed by atoms with Crippen LogP contribution in [0, 0.1) is 0 Å². The zero-order valence-electron chi connectivity index (χ0n) is 8.74. The number of carbonyl (C=O) groups excluding carboxylic acids is 1. The fourth-order valence-electron chi connectivity index (χ4n) is 1.60. The maximum atomic E-state index is 11.6. The van der Waals surface area contributed by atoms with E-state index in [-0.39, 0.29) is 12.5 Å². The van der Waals surface area contributed by atoms with E-state index in [2.05, 4.69) is 6.92 Å². The molecule has 1 unspecified atom stereocenters. The molecule has 1 aliphatic rings. The number of unbranched alkanes of at least 4 members (excludes halogenated alkanes) is 2. The lowest BCUT2D eigenvalue weighted by Crippen LogP contribution is -2.49. The number of nitrogens with zero attached hydrogens (tertiary/aromatic N) is 1. The van der Waals surface area contributed by atoms with Gasteiger partial charge >= 0.3 is 0 Å². The molecule has 1 fully saturated rings. The number of aliphatic hydroxyl groups is 1. The minimum Gasteiger partial charge on any atom is -0.393 e. The number of carbonyl (C=O) groups is 1. The Morgan fingerprint density at radius 2 is 2.36 bits per heavy atom. The molecule has 14 heavy (non-hydrogen) atoms. The Hall–Kier alpha value is -0.610. The molecule has 1 saturated heterocycles. The predicted octanol–water partition coefficient (Wildman–Crippen LogP) is 0.396. The summed E-state index contributed by atoms with van der Waals surface area (Å²) in [5.41, 5.74) is 0. The molecule has 1 aliphatic heterocycles. The van der Waals surface area contributed by atoms with Crippen LogP contribution in [0.5, 0.6) is 0 Å². The van der Waals surface area contributed by atoms with E-state index in [1.165, 1.54) is 0 Å². The highest BCUT2D eigenvalue weighted by Crippen LogP contribution is 2.08. The molecule has 1 rings (SSSR count). The summed E-state index contributed by atoms with van der Waals surface area (Å²) in [6.45, 7) is 3.94. The van der Waals surface area contributed by atoms with Crippen LogP contribution < -0.4 is 0 Å². The van der Waals surface area contributed by atoms with Gasteiger partial charge in [-0.15, -0.1) is 0 Å². The van der Waals surface area contributed by atoms with E-state index in [9.17, 15) is 4.79 Å². The minimum atomic E-state index is -0.620. The minimum absolute atomic E-state index is 0.0603. The molecule has 4 heteroatoms. The average molecular weight is 201 g/mol. The Kier molecular flexibility index (Phi) is 4.90. The van der Waals surface area contributed by atoms with Crippen LogP contribution in [0.1, 0.15) is 26.2 Å². The third kappa shape index (κ3) is 2.96. The van der Waals surface area contributed by atoms with Crippen molar-refractivity contribution in [3.8, 4) is 0 Å². The maximum absolute atomic E-state index is 11.6. The Morgan fingerprint density at radius 3 is 3.00 bits per heavy atom. The molecular weight excluding hydrogens is 182 g/mol. The Labute approximate surface area is 84.8 Å². The normalized spacial score (nSPS) is 22.9. The lowest BCUT2D eigenvalue weighted by Gasteiger charge is -2.31. The first-order chi connectivity index (χ1) is 6.79. The van der Waals surface area contributed by atoms with Crippen molar-refractivity contribution >= 4 is 5.91 Å². The zero-order valence-corrected chi connectivity index (χ0v) is 8.74. The number of morpholine rings is 1. The molecule has 0 aromatic carbocycles. The van der Waals surface area contributed by atoms with Crippen molar-refractivity contribution in [1.82, 2.24) is 4.90 Å². The van der Waals surface area contributed by atoms with Gasteiger partial charge in [0.15, 0.2) is 6.10 Å². The van der Waals surface area contributed by atoms with E-state index >= 15 is 0 Å². The summed E-state index contributed by atoms with van der Waals surface area (Å²) in [5.74, 6) is -0.0603. The number of ether oxygens (including phenoxy) is 1. The zero-order chi connectivity index (χ0) is 10.4. The van der Waals surface area contributed by atoms with Crippen molar-refractivity contribution < 1.29 is 14.6 Å². The maximum Gasteiger partial charge on any atom is 0.254 e. The molecule has 0 spiro atoms. The van der Waals surface area contributed by atoms with E-state index in [1.807, 2.05) is 0 Å². The molecule has 0 saturated carbocycles. The highest BCUT2D eigenvalue weighted by atomic mass is 16.5. The molecule has 0 aliphatic carbocycles. The van der Waals surface area contributed by atoms with Crippen LogP contribution in [0.4, 0.5) is 0 Å². The molecule has 0 aromatic heterocycles. The van der Waals surface area contributed by atoms with Crippen LogP contribution in [0.3, 0.4) is 0 Å². The summed E-state index contributed by atoms with van der Waals surface area (Å²) in [6.07, 6.45) is 2.72. The van der Waals surface area contributed by atoms with Crippen molar-refractivity contribution in [1.29, 1.82) is 0 Å². The lowest BCUT2D eigenvalue weighted by molar-refractivity contribution is -0.156. The molecule has 4 nitrogen and oxygen atoms in total. The van der Waals surface area contributed by atoms with Crippen molar-refractivity contribution in [3.05, 3.63) is 0 Å². The Morgan fingerprint density at radius 1 is 1.57 bits per heavy atom. The van der Waals surface area contributed by atoms with Gasteiger partial charge in [0.05, 0.1) is 13.2 Å². The average Bonchev–Trinajstić information content (AvgIpc) is 2.21. The second kappa shape index (κ2) is 5.98. The standard InChI is InChI=1S/C10H19NO3/c1-2-3-4-5-11-6-7-14-9(8-12)10(11)13/h9,12H,2-8H2,1H3. The topological polar surface area (TPSA) is 49.8 Å².